The molecule has 0 atom stereocenters. The number of thiophene rings is 1. The summed E-state index contributed by atoms with van der Waals surface area (Å²) in [5.41, 5.74) is 2.97. The first-order chi connectivity index (χ1) is 9.60. The molecule has 1 heterocycles. The lowest BCUT2D eigenvalue weighted by Crippen LogP contribution is -2.25. The van der Waals surface area contributed by atoms with E-state index >= 15 is 0 Å². The summed E-state index contributed by atoms with van der Waals surface area (Å²) in [4.78, 5) is 14.4. The van der Waals surface area contributed by atoms with Crippen molar-refractivity contribution in [1.82, 2.24) is 4.90 Å². The van der Waals surface area contributed by atoms with Gasteiger partial charge in [-0.05, 0) is 54.1 Å². The standard InChI is InChI=1S/C16H19NO2S/c1-12-4-5-14(16(8-12)19-3)15(18)10-17(2)9-13-6-7-20-11-13/h4-8,11H,9-10H2,1-3H3. The van der Waals surface area contributed by atoms with Gasteiger partial charge in [-0.25, -0.2) is 0 Å². The van der Waals surface area contributed by atoms with E-state index in [-0.39, 0.29) is 5.78 Å². The van der Waals surface area contributed by atoms with Crippen LogP contribution in [0.3, 0.4) is 0 Å². The Bertz CT molecular complexity index is 578. The molecule has 106 valence electrons. The Morgan fingerprint density at radius 3 is 2.80 bits per heavy atom. The summed E-state index contributed by atoms with van der Waals surface area (Å²) in [6.07, 6.45) is 0. The number of likely N-dealkylation sites (N-methyl/N-ethyl adjacent to an activating group) is 1. The number of methoxy groups -OCH3 is 1. The number of ketones is 1. The largest absolute Gasteiger partial charge is 0.496 e. The topological polar surface area (TPSA) is 29.5 Å². The lowest BCUT2D eigenvalue weighted by Gasteiger charge is -2.16. The molecule has 0 aliphatic heterocycles. The second-order valence-corrected chi connectivity index (χ2v) is 5.71. The number of Topliss-reactive ketones (excluding diaryl/α,β-unsaturated/α-hetero) is 1. The maximum Gasteiger partial charge on any atom is 0.180 e. The van der Waals surface area contributed by atoms with Gasteiger partial charge >= 0.3 is 0 Å². The highest BCUT2D eigenvalue weighted by Gasteiger charge is 2.14. The predicted octanol–water partition coefficient (Wildman–Crippen LogP) is 3.38. The Balaban J connectivity index is 2.04. The van der Waals surface area contributed by atoms with Gasteiger partial charge in [0.05, 0.1) is 19.2 Å². The maximum absolute atomic E-state index is 12.4. The van der Waals surface area contributed by atoms with Gasteiger partial charge in [0.25, 0.3) is 0 Å². The van der Waals surface area contributed by atoms with E-state index in [9.17, 15) is 4.79 Å². The van der Waals surface area contributed by atoms with Crippen LogP contribution in [0, 0.1) is 6.92 Å². The zero-order valence-electron chi connectivity index (χ0n) is 12.1. The fourth-order valence-electron chi connectivity index (χ4n) is 2.11. The van der Waals surface area contributed by atoms with E-state index in [0.717, 1.165) is 12.1 Å². The van der Waals surface area contributed by atoms with E-state index < -0.39 is 0 Å². The second-order valence-electron chi connectivity index (χ2n) is 4.93. The Kier molecular flexibility index (Phi) is 4.93. The quantitative estimate of drug-likeness (QED) is 0.764. The fourth-order valence-corrected chi connectivity index (χ4v) is 2.77. The van der Waals surface area contributed by atoms with Gasteiger partial charge in [0.2, 0.25) is 0 Å². The van der Waals surface area contributed by atoms with Crippen molar-refractivity contribution < 1.29 is 9.53 Å². The zero-order chi connectivity index (χ0) is 14.5. The van der Waals surface area contributed by atoms with Crippen molar-refractivity contribution in [3.8, 4) is 5.75 Å². The molecule has 0 bridgehead atoms. The van der Waals surface area contributed by atoms with Crippen molar-refractivity contribution in [1.29, 1.82) is 0 Å². The minimum atomic E-state index is 0.0829. The third-order valence-corrected chi connectivity index (χ3v) is 3.84. The molecule has 0 saturated carbocycles. The molecule has 0 saturated heterocycles. The number of ether oxygens (including phenoxy) is 1. The number of hydrogen-bond donors (Lipinski definition) is 0. The van der Waals surface area contributed by atoms with Crippen LogP contribution in [0.1, 0.15) is 21.5 Å². The highest BCUT2D eigenvalue weighted by molar-refractivity contribution is 7.07. The van der Waals surface area contributed by atoms with Crippen LogP contribution in [0.5, 0.6) is 5.75 Å². The van der Waals surface area contributed by atoms with Crippen LogP contribution in [0.15, 0.2) is 35.0 Å². The first-order valence-corrected chi connectivity index (χ1v) is 7.42. The summed E-state index contributed by atoms with van der Waals surface area (Å²) in [5, 5.41) is 4.15. The predicted molar refractivity (Wildman–Crippen MR) is 82.7 cm³/mol. The van der Waals surface area contributed by atoms with Crippen LogP contribution in [-0.2, 0) is 6.54 Å². The van der Waals surface area contributed by atoms with E-state index in [2.05, 4.69) is 11.4 Å². The SMILES string of the molecule is COc1cc(C)ccc1C(=O)CN(C)Cc1ccsc1. The van der Waals surface area contributed by atoms with Gasteiger partial charge in [-0.1, -0.05) is 6.07 Å². The van der Waals surface area contributed by atoms with Crippen LogP contribution in [-0.4, -0.2) is 31.4 Å². The zero-order valence-corrected chi connectivity index (χ0v) is 12.9. The van der Waals surface area contributed by atoms with Gasteiger partial charge in [-0.15, -0.1) is 0 Å². The van der Waals surface area contributed by atoms with Crippen molar-refractivity contribution in [3.05, 3.63) is 51.7 Å². The molecule has 0 amide bonds. The van der Waals surface area contributed by atoms with Crippen LogP contribution in [0.2, 0.25) is 0 Å². The third-order valence-electron chi connectivity index (χ3n) is 3.10. The molecule has 20 heavy (non-hydrogen) atoms. The third kappa shape index (κ3) is 3.68. The van der Waals surface area contributed by atoms with Crippen LogP contribution >= 0.6 is 11.3 Å². The smallest absolute Gasteiger partial charge is 0.180 e. The first-order valence-electron chi connectivity index (χ1n) is 6.47. The molecule has 0 spiro atoms. The molecular weight excluding hydrogens is 270 g/mol. The molecular formula is C16H19NO2S. The van der Waals surface area contributed by atoms with Crippen molar-refractivity contribution in [2.75, 3.05) is 20.7 Å². The molecule has 2 rings (SSSR count). The lowest BCUT2D eigenvalue weighted by atomic mass is 10.1. The molecule has 0 unspecified atom stereocenters. The average Bonchev–Trinajstić information content (AvgIpc) is 2.90. The molecule has 0 aliphatic rings. The monoisotopic (exact) mass is 289 g/mol. The molecule has 0 aliphatic carbocycles. The van der Waals surface area contributed by atoms with E-state index in [1.165, 1.54) is 5.56 Å². The van der Waals surface area contributed by atoms with Gasteiger partial charge in [0.1, 0.15) is 5.75 Å². The number of hydrogen-bond acceptors (Lipinski definition) is 4. The summed E-state index contributed by atoms with van der Waals surface area (Å²) in [7, 11) is 3.55. The molecule has 4 heteroatoms. The minimum absolute atomic E-state index is 0.0829. The second kappa shape index (κ2) is 6.68. The van der Waals surface area contributed by atoms with E-state index in [1.54, 1.807) is 18.4 Å². The molecule has 1 aromatic carbocycles. The van der Waals surface area contributed by atoms with Crippen LogP contribution in [0.4, 0.5) is 0 Å². The summed E-state index contributed by atoms with van der Waals surface area (Å²) in [6, 6.07) is 7.76. The van der Waals surface area contributed by atoms with Gasteiger partial charge in [0.15, 0.2) is 5.78 Å². The number of rotatable bonds is 6. The Labute approximate surface area is 123 Å². The highest BCUT2D eigenvalue weighted by atomic mass is 32.1. The van der Waals surface area contributed by atoms with Crippen molar-refractivity contribution >= 4 is 17.1 Å². The van der Waals surface area contributed by atoms with Gasteiger partial charge in [0, 0.05) is 6.54 Å². The van der Waals surface area contributed by atoms with Crippen LogP contribution < -0.4 is 4.74 Å². The molecule has 1 aromatic heterocycles. The summed E-state index contributed by atoms with van der Waals surface area (Å²) in [5.74, 6) is 0.735. The number of nitrogens with zero attached hydrogens (tertiary/aromatic N) is 1. The number of carbonyl (C=O) groups is 1. The number of benzene rings is 1. The Morgan fingerprint density at radius 2 is 2.15 bits per heavy atom. The van der Waals surface area contributed by atoms with Crippen LogP contribution in [0.25, 0.3) is 0 Å². The number of carbonyl (C=O) groups excluding carboxylic acids is 1. The summed E-state index contributed by atoms with van der Waals surface area (Å²) in [6.45, 7) is 3.15. The lowest BCUT2D eigenvalue weighted by molar-refractivity contribution is 0.0940. The molecule has 0 fully saturated rings. The maximum atomic E-state index is 12.4. The number of aryl methyl sites for hydroxylation is 1. The molecule has 2 aromatic rings. The van der Waals surface area contributed by atoms with Gasteiger partial charge in [-0.2, -0.15) is 11.3 Å². The van der Waals surface area contributed by atoms with Crippen molar-refractivity contribution in [3.63, 3.8) is 0 Å². The van der Waals surface area contributed by atoms with Gasteiger partial charge in [-0.3, -0.25) is 9.69 Å². The Morgan fingerprint density at radius 1 is 1.35 bits per heavy atom. The Hall–Kier alpha value is -1.65. The first kappa shape index (κ1) is 14.8. The van der Waals surface area contributed by atoms with Crippen molar-refractivity contribution in [2.24, 2.45) is 0 Å². The fraction of sp³-hybridized carbons (Fsp3) is 0.312. The van der Waals surface area contributed by atoms with E-state index in [4.69, 9.17) is 4.74 Å². The van der Waals surface area contributed by atoms with E-state index in [0.29, 0.717) is 17.9 Å². The molecule has 0 radical (unpaired) electrons. The van der Waals surface area contributed by atoms with Gasteiger partial charge < -0.3 is 4.74 Å². The minimum Gasteiger partial charge on any atom is -0.496 e. The summed E-state index contributed by atoms with van der Waals surface area (Å²) >= 11 is 1.67. The molecule has 3 nitrogen and oxygen atoms in total. The molecule has 0 N–H and O–H groups in total. The summed E-state index contributed by atoms with van der Waals surface area (Å²) < 4.78 is 5.30. The highest BCUT2D eigenvalue weighted by Crippen LogP contribution is 2.21. The average molecular weight is 289 g/mol. The normalized spacial score (nSPS) is 10.8. The van der Waals surface area contributed by atoms with E-state index in [1.807, 2.05) is 42.5 Å². The van der Waals surface area contributed by atoms with Crippen molar-refractivity contribution in [2.45, 2.75) is 13.5 Å².